The highest BCUT2D eigenvalue weighted by Crippen LogP contribution is 2.30. The van der Waals surface area contributed by atoms with Gasteiger partial charge >= 0.3 is 0 Å². The molecule has 0 fully saturated rings. The lowest BCUT2D eigenvalue weighted by atomic mass is 9.92. The number of benzene rings is 1. The molecule has 0 radical (unpaired) electrons. The predicted octanol–water partition coefficient (Wildman–Crippen LogP) is 1.95. The maximum absolute atomic E-state index is 13.7. The molecule has 0 heterocycles. The van der Waals surface area contributed by atoms with Crippen LogP contribution < -0.4 is 5.73 Å². The summed E-state index contributed by atoms with van der Waals surface area (Å²) in [6.45, 7) is 2.81. The standard InChI is InChI=1S/C10H13ClFNO/c1-6-3-4-7(11)8(9(6)12)10(2,13)5-14/h3-4,14H,5,13H2,1-2H3/t10-/m1/s1. The number of halogens is 2. The number of rotatable bonds is 2. The average Bonchev–Trinajstić information content (AvgIpc) is 2.12. The van der Waals surface area contributed by atoms with Crippen molar-refractivity contribution in [3.8, 4) is 0 Å². The minimum absolute atomic E-state index is 0.168. The van der Waals surface area contributed by atoms with Crippen molar-refractivity contribution in [3.05, 3.63) is 34.1 Å². The fourth-order valence-electron chi connectivity index (χ4n) is 1.26. The molecule has 0 aromatic heterocycles. The summed E-state index contributed by atoms with van der Waals surface area (Å²) in [6.07, 6.45) is 0. The largest absolute Gasteiger partial charge is 0.394 e. The van der Waals surface area contributed by atoms with E-state index in [1.807, 2.05) is 0 Å². The number of hydrogen-bond acceptors (Lipinski definition) is 2. The molecule has 0 aliphatic carbocycles. The first kappa shape index (κ1) is 11.4. The lowest BCUT2D eigenvalue weighted by molar-refractivity contribution is 0.206. The van der Waals surface area contributed by atoms with E-state index in [0.29, 0.717) is 5.56 Å². The third-order valence-corrected chi connectivity index (χ3v) is 2.50. The van der Waals surface area contributed by atoms with Crippen molar-refractivity contribution < 1.29 is 9.50 Å². The molecule has 4 heteroatoms. The highest BCUT2D eigenvalue weighted by molar-refractivity contribution is 6.31. The maximum Gasteiger partial charge on any atom is 0.132 e. The second-order valence-electron chi connectivity index (χ2n) is 3.63. The van der Waals surface area contributed by atoms with Gasteiger partial charge in [-0.25, -0.2) is 4.39 Å². The first-order valence-electron chi connectivity index (χ1n) is 4.25. The highest BCUT2D eigenvalue weighted by atomic mass is 35.5. The van der Waals surface area contributed by atoms with Crippen LogP contribution in [0.25, 0.3) is 0 Å². The molecule has 1 aromatic carbocycles. The van der Waals surface area contributed by atoms with Gasteiger partial charge in [-0.05, 0) is 25.5 Å². The Morgan fingerprint density at radius 1 is 1.57 bits per heavy atom. The number of nitrogens with two attached hydrogens (primary N) is 1. The fourth-order valence-corrected chi connectivity index (χ4v) is 1.62. The Morgan fingerprint density at radius 2 is 2.14 bits per heavy atom. The van der Waals surface area contributed by atoms with E-state index in [9.17, 15) is 4.39 Å². The number of aliphatic hydroxyl groups excluding tert-OH is 1. The molecule has 14 heavy (non-hydrogen) atoms. The van der Waals surface area contributed by atoms with Crippen molar-refractivity contribution in [2.24, 2.45) is 5.73 Å². The summed E-state index contributed by atoms with van der Waals surface area (Å²) in [7, 11) is 0. The third kappa shape index (κ3) is 1.90. The maximum atomic E-state index is 13.7. The van der Waals surface area contributed by atoms with Crippen LogP contribution in [0.3, 0.4) is 0 Å². The van der Waals surface area contributed by atoms with Crippen LogP contribution >= 0.6 is 11.6 Å². The molecule has 0 amide bonds. The Labute approximate surface area is 87.5 Å². The Kier molecular flexibility index (Phi) is 3.14. The zero-order chi connectivity index (χ0) is 10.9. The molecule has 2 nitrogen and oxygen atoms in total. The van der Waals surface area contributed by atoms with E-state index < -0.39 is 11.4 Å². The minimum atomic E-state index is -1.15. The van der Waals surface area contributed by atoms with Crippen molar-refractivity contribution >= 4 is 11.6 Å². The van der Waals surface area contributed by atoms with Crippen molar-refractivity contribution in [2.45, 2.75) is 19.4 Å². The van der Waals surface area contributed by atoms with Crippen LogP contribution in [0.2, 0.25) is 5.02 Å². The molecule has 1 rings (SSSR count). The quantitative estimate of drug-likeness (QED) is 0.796. The fraction of sp³-hybridized carbons (Fsp3) is 0.400. The van der Waals surface area contributed by atoms with Gasteiger partial charge in [-0.2, -0.15) is 0 Å². The predicted molar refractivity (Wildman–Crippen MR) is 54.8 cm³/mol. The molecule has 0 saturated heterocycles. The molecule has 0 saturated carbocycles. The normalized spacial score (nSPS) is 15.3. The van der Waals surface area contributed by atoms with E-state index >= 15 is 0 Å². The van der Waals surface area contributed by atoms with Crippen LogP contribution in [0.15, 0.2) is 12.1 Å². The Morgan fingerprint density at radius 3 is 2.64 bits per heavy atom. The SMILES string of the molecule is Cc1ccc(Cl)c([C@](C)(N)CO)c1F. The molecule has 78 valence electrons. The lowest BCUT2D eigenvalue weighted by Gasteiger charge is -2.24. The van der Waals surface area contributed by atoms with Gasteiger partial charge in [-0.15, -0.1) is 0 Å². The average molecular weight is 218 g/mol. The van der Waals surface area contributed by atoms with Crippen LogP contribution in [0.5, 0.6) is 0 Å². The summed E-state index contributed by atoms with van der Waals surface area (Å²) in [6, 6.07) is 3.16. The summed E-state index contributed by atoms with van der Waals surface area (Å²) in [5.74, 6) is -0.448. The van der Waals surface area contributed by atoms with Crippen LogP contribution in [0.4, 0.5) is 4.39 Å². The lowest BCUT2D eigenvalue weighted by Crippen LogP contribution is -2.38. The molecule has 0 aliphatic heterocycles. The van der Waals surface area contributed by atoms with E-state index in [1.165, 1.54) is 6.92 Å². The first-order valence-corrected chi connectivity index (χ1v) is 4.63. The van der Waals surface area contributed by atoms with Gasteiger partial charge in [0.05, 0.1) is 12.1 Å². The Bertz CT molecular complexity index is 352. The van der Waals surface area contributed by atoms with Crippen LogP contribution in [0, 0.1) is 12.7 Å². The van der Waals surface area contributed by atoms with Gasteiger partial charge < -0.3 is 10.8 Å². The molecule has 0 spiro atoms. The third-order valence-electron chi connectivity index (χ3n) is 2.18. The van der Waals surface area contributed by atoms with E-state index in [0.717, 1.165) is 0 Å². The molecular formula is C10H13ClFNO. The highest BCUT2D eigenvalue weighted by Gasteiger charge is 2.27. The Hall–Kier alpha value is -0.640. The zero-order valence-corrected chi connectivity index (χ0v) is 8.90. The van der Waals surface area contributed by atoms with E-state index in [1.54, 1.807) is 19.1 Å². The van der Waals surface area contributed by atoms with Crippen LogP contribution in [0.1, 0.15) is 18.1 Å². The molecule has 1 atom stereocenters. The molecule has 0 aliphatic rings. The second-order valence-corrected chi connectivity index (χ2v) is 4.04. The Balaban J connectivity index is 3.40. The summed E-state index contributed by atoms with van der Waals surface area (Å²) in [5.41, 5.74) is 5.22. The van der Waals surface area contributed by atoms with Gasteiger partial charge in [-0.3, -0.25) is 0 Å². The number of aryl methyl sites for hydroxylation is 1. The second kappa shape index (κ2) is 3.85. The van der Waals surface area contributed by atoms with Gasteiger partial charge in [0, 0.05) is 10.6 Å². The van der Waals surface area contributed by atoms with Crippen molar-refractivity contribution in [1.29, 1.82) is 0 Å². The molecule has 1 aromatic rings. The monoisotopic (exact) mass is 217 g/mol. The van der Waals surface area contributed by atoms with Gasteiger partial charge in [0.2, 0.25) is 0 Å². The number of aliphatic hydroxyl groups is 1. The summed E-state index contributed by atoms with van der Waals surface area (Å²) in [4.78, 5) is 0. The van der Waals surface area contributed by atoms with E-state index in [4.69, 9.17) is 22.4 Å². The zero-order valence-electron chi connectivity index (χ0n) is 8.14. The van der Waals surface area contributed by atoms with Gasteiger partial charge in [0.1, 0.15) is 5.82 Å². The van der Waals surface area contributed by atoms with E-state index in [-0.39, 0.29) is 17.2 Å². The summed E-state index contributed by atoms with van der Waals surface area (Å²) >= 11 is 5.83. The molecule has 0 unspecified atom stereocenters. The van der Waals surface area contributed by atoms with Crippen molar-refractivity contribution in [1.82, 2.24) is 0 Å². The van der Waals surface area contributed by atoms with Crippen LogP contribution in [-0.2, 0) is 5.54 Å². The molecule has 3 N–H and O–H groups in total. The summed E-state index contributed by atoms with van der Waals surface area (Å²) in [5, 5.41) is 9.28. The molecule has 0 bridgehead atoms. The summed E-state index contributed by atoms with van der Waals surface area (Å²) < 4.78 is 13.7. The van der Waals surface area contributed by atoms with Gasteiger partial charge in [0.15, 0.2) is 0 Å². The van der Waals surface area contributed by atoms with Gasteiger partial charge in [-0.1, -0.05) is 17.7 Å². The van der Waals surface area contributed by atoms with Crippen LogP contribution in [-0.4, -0.2) is 11.7 Å². The van der Waals surface area contributed by atoms with Crippen molar-refractivity contribution in [2.75, 3.05) is 6.61 Å². The molecular weight excluding hydrogens is 205 g/mol. The first-order chi connectivity index (χ1) is 6.40. The van der Waals surface area contributed by atoms with Crippen molar-refractivity contribution in [3.63, 3.8) is 0 Å². The smallest absolute Gasteiger partial charge is 0.132 e. The van der Waals surface area contributed by atoms with Gasteiger partial charge in [0.25, 0.3) is 0 Å². The topological polar surface area (TPSA) is 46.2 Å². The number of hydrogen-bond donors (Lipinski definition) is 2. The minimum Gasteiger partial charge on any atom is -0.394 e. The van der Waals surface area contributed by atoms with E-state index in [2.05, 4.69) is 0 Å².